The molecule has 12 heavy (non-hydrogen) atoms. The van der Waals surface area contributed by atoms with Crippen molar-refractivity contribution in [2.45, 2.75) is 13.3 Å². The summed E-state index contributed by atoms with van der Waals surface area (Å²) in [6, 6.07) is 10.4. The van der Waals surface area contributed by atoms with E-state index in [1.165, 1.54) is 5.56 Å². The molecule has 0 heterocycles. The molecule has 0 bridgehead atoms. The summed E-state index contributed by atoms with van der Waals surface area (Å²) in [7, 11) is 0. The highest BCUT2D eigenvalue weighted by Gasteiger charge is 1.84. The third-order valence-electron chi connectivity index (χ3n) is 1.60. The lowest BCUT2D eigenvalue weighted by Crippen LogP contribution is -1.78. The van der Waals surface area contributed by atoms with Crippen LogP contribution in [0.25, 0.3) is 0 Å². The predicted octanol–water partition coefficient (Wildman–Crippen LogP) is 3.36. The Morgan fingerprint density at radius 2 is 2.00 bits per heavy atom. The fraction of sp³-hybridized carbons (Fsp3) is 0.167. The quantitative estimate of drug-likeness (QED) is 0.592. The average molecular weight is 158 g/mol. The van der Waals surface area contributed by atoms with E-state index < -0.39 is 0 Å². The molecule has 62 valence electrons. The lowest BCUT2D eigenvalue weighted by Gasteiger charge is -1.93. The molecular formula is C12H14. The van der Waals surface area contributed by atoms with Gasteiger partial charge in [-0.2, -0.15) is 0 Å². The first-order valence-corrected chi connectivity index (χ1v) is 4.15. The molecular weight excluding hydrogens is 144 g/mol. The van der Waals surface area contributed by atoms with Gasteiger partial charge in [0.1, 0.15) is 0 Å². The van der Waals surface area contributed by atoms with E-state index in [1.54, 1.807) is 0 Å². The van der Waals surface area contributed by atoms with E-state index in [4.69, 9.17) is 0 Å². The minimum Gasteiger partial charge on any atom is -0.0961 e. The van der Waals surface area contributed by atoms with Crippen molar-refractivity contribution in [2.75, 3.05) is 0 Å². The lowest BCUT2D eigenvalue weighted by atomic mass is 10.1. The molecule has 1 rings (SSSR count). The monoisotopic (exact) mass is 158 g/mol. The summed E-state index contributed by atoms with van der Waals surface area (Å²) in [6.45, 7) is 5.80. The Bertz CT molecular complexity index is 267. The Labute approximate surface area is 74.2 Å². The second-order valence-electron chi connectivity index (χ2n) is 2.94. The summed E-state index contributed by atoms with van der Waals surface area (Å²) in [5.41, 5.74) is 2.45. The molecule has 0 saturated heterocycles. The number of rotatable bonds is 3. The molecule has 0 aliphatic carbocycles. The predicted molar refractivity (Wildman–Crippen MR) is 54.1 cm³/mol. The van der Waals surface area contributed by atoms with E-state index in [0.717, 1.165) is 12.0 Å². The van der Waals surface area contributed by atoms with Crippen LogP contribution < -0.4 is 0 Å². The van der Waals surface area contributed by atoms with Crippen LogP contribution in [0.15, 0.2) is 54.6 Å². The first-order chi connectivity index (χ1) is 5.79. The van der Waals surface area contributed by atoms with Crippen molar-refractivity contribution in [3.8, 4) is 0 Å². The fourth-order valence-electron chi connectivity index (χ4n) is 1.01. The van der Waals surface area contributed by atoms with Crippen LogP contribution in [-0.2, 0) is 6.42 Å². The Balaban J connectivity index is 2.49. The van der Waals surface area contributed by atoms with Crippen molar-refractivity contribution < 1.29 is 0 Å². The maximum absolute atomic E-state index is 3.80. The van der Waals surface area contributed by atoms with Gasteiger partial charge in [-0.05, 0) is 18.9 Å². The Morgan fingerprint density at radius 1 is 1.33 bits per heavy atom. The molecule has 0 aliphatic rings. The average Bonchev–Trinajstić information content (AvgIpc) is 2.05. The largest absolute Gasteiger partial charge is 0.0961 e. The van der Waals surface area contributed by atoms with Gasteiger partial charge in [0.15, 0.2) is 0 Å². The summed E-state index contributed by atoms with van der Waals surface area (Å²) < 4.78 is 0. The molecule has 1 aromatic rings. The van der Waals surface area contributed by atoms with Crippen molar-refractivity contribution >= 4 is 0 Å². The second-order valence-corrected chi connectivity index (χ2v) is 2.94. The van der Waals surface area contributed by atoms with E-state index in [-0.39, 0.29) is 0 Å². The zero-order chi connectivity index (χ0) is 8.81. The van der Waals surface area contributed by atoms with Gasteiger partial charge in [0, 0.05) is 0 Å². The molecule has 0 fully saturated rings. The molecule has 0 aliphatic heterocycles. The zero-order valence-electron chi connectivity index (χ0n) is 7.46. The fourth-order valence-corrected chi connectivity index (χ4v) is 1.01. The van der Waals surface area contributed by atoms with Crippen LogP contribution in [0.3, 0.4) is 0 Å². The Hall–Kier alpha value is -1.30. The van der Waals surface area contributed by atoms with Gasteiger partial charge in [-0.3, -0.25) is 0 Å². The Kier molecular flexibility index (Phi) is 3.34. The topological polar surface area (TPSA) is 0 Å². The number of allylic oxidation sites excluding steroid dienone is 3. The molecule has 0 radical (unpaired) electrons. The first-order valence-electron chi connectivity index (χ1n) is 4.15. The normalized spacial score (nSPS) is 10.4. The smallest absolute Gasteiger partial charge is 0.00942 e. The van der Waals surface area contributed by atoms with Gasteiger partial charge in [0.2, 0.25) is 0 Å². The third kappa shape index (κ3) is 3.20. The van der Waals surface area contributed by atoms with Gasteiger partial charge in [-0.1, -0.05) is 54.6 Å². The summed E-state index contributed by atoms with van der Waals surface area (Å²) in [6.07, 6.45) is 5.18. The van der Waals surface area contributed by atoms with Gasteiger partial charge in [-0.15, -0.1) is 0 Å². The maximum Gasteiger partial charge on any atom is -0.00942 e. The van der Waals surface area contributed by atoms with Gasteiger partial charge >= 0.3 is 0 Å². The van der Waals surface area contributed by atoms with E-state index >= 15 is 0 Å². The molecule has 0 heteroatoms. The lowest BCUT2D eigenvalue weighted by molar-refractivity contribution is 1.26. The highest BCUT2D eigenvalue weighted by atomic mass is 13.9. The van der Waals surface area contributed by atoms with Crippen LogP contribution in [0.1, 0.15) is 12.5 Å². The van der Waals surface area contributed by atoms with Crippen LogP contribution in [0, 0.1) is 0 Å². The first kappa shape index (κ1) is 8.79. The van der Waals surface area contributed by atoms with Crippen molar-refractivity contribution in [2.24, 2.45) is 0 Å². The van der Waals surface area contributed by atoms with Gasteiger partial charge in [-0.25, -0.2) is 0 Å². The van der Waals surface area contributed by atoms with Crippen LogP contribution in [0.5, 0.6) is 0 Å². The van der Waals surface area contributed by atoms with Crippen molar-refractivity contribution in [3.63, 3.8) is 0 Å². The van der Waals surface area contributed by atoms with E-state index in [9.17, 15) is 0 Å². The molecule has 0 amide bonds. The molecule has 0 atom stereocenters. The molecule has 0 saturated carbocycles. The second kappa shape index (κ2) is 4.55. The number of benzene rings is 1. The van der Waals surface area contributed by atoms with E-state index in [2.05, 4.69) is 36.9 Å². The minimum absolute atomic E-state index is 0.994. The molecule has 0 spiro atoms. The molecule has 0 aromatic heterocycles. The van der Waals surface area contributed by atoms with Crippen LogP contribution in [0.2, 0.25) is 0 Å². The van der Waals surface area contributed by atoms with Crippen molar-refractivity contribution in [1.29, 1.82) is 0 Å². The van der Waals surface area contributed by atoms with Gasteiger partial charge in [0.25, 0.3) is 0 Å². The van der Waals surface area contributed by atoms with E-state index in [0.29, 0.717) is 0 Å². The van der Waals surface area contributed by atoms with Crippen LogP contribution >= 0.6 is 0 Å². The van der Waals surface area contributed by atoms with Crippen molar-refractivity contribution in [1.82, 2.24) is 0 Å². The third-order valence-corrected chi connectivity index (χ3v) is 1.60. The zero-order valence-corrected chi connectivity index (χ0v) is 7.46. The Morgan fingerprint density at radius 3 is 2.58 bits per heavy atom. The molecule has 1 aromatic carbocycles. The van der Waals surface area contributed by atoms with Crippen LogP contribution in [0.4, 0.5) is 0 Å². The highest BCUT2D eigenvalue weighted by molar-refractivity contribution is 5.20. The molecule has 0 unspecified atom stereocenters. The van der Waals surface area contributed by atoms with Gasteiger partial charge in [0.05, 0.1) is 0 Å². The summed E-state index contributed by atoms with van der Waals surface area (Å²) in [4.78, 5) is 0. The summed E-state index contributed by atoms with van der Waals surface area (Å²) in [5.74, 6) is 0. The standard InChI is InChI=1S/C12H14/c1-11(2)7-6-10-12-8-4-3-5-9-12/h3-9H,1,10H2,2H3/b7-6-. The van der Waals surface area contributed by atoms with Gasteiger partial charge < -0.3 is 0 Å². The molecule has 0 N–H and O–H groups in total. The summed E-state index contributed by atoms with van der Waals surface area (Å²) >= 11 is 0. The summed E-state index contributed by atoms with van der Waals surface area (Å²) in [5, 5.41) is 0. The SMILES string of the molecule is C=C(C)/C=C\Cc1ccccc1. The van der Waals surface area contributed by atoms with Crippen LogP contribution in [-0.4, -0.2) is 0 Å². The van der Waals surface area contributed by atoms with Crippen molar-refractivity contribution in [3.05, 3.63) is 60.2 Å². The minimum atomic E-state index is 0.994. The number of hydrogen-bond donors (Lipinski definition) is 0. The highest BCUT2D eigenvalue weighted by Crippen LogP contribution is 2.01. The maximum atomic E-state index is 3.80. The molecule has 0 nitrogen and oxygen atoms in total. The van der Waals surface area contributed by atoms with E-state index in [1.807, 2.05) is 19.1 Å². The number of hydrogen-bond acceptors (Lipinski definition) is 0.